The number of carbonyl (C=O) groups is 4. The van der Waals surface area contributed by atoms with Gasteiger partial charge in [-0.2, -0.15) is 0 Å². The second kappa shape index (κ2) is 67.3. The van der Waals surface area contributed by atoms with Crippen molar-refractivity contribution in [1.82, 2.24) is 0 Å². The number of rotatable bonds is 74. The van der Waals surface area contributed by atoms with Gasteiger partial charge in [-0.15, -0.1) is 0 Å². The topological polar surface area (TPSA) is 237 Å². The molecule has 0 aliphatic heterocycles. The summed E-state index contributed by atoms with van der Waals surface area (Å²) in [5.74, 6) is -1.34. The summed E-state index contributed by atoms with van der Waals surface area (Å²) in [7, 11) is -9.91. The molecule has 0 aromatic rings. The molecular weight excluding hydrogens is 1220 g/mol. The summed E-state index contributed by atoms with van der Waals surface area (Å²) in [4.78, 5) is 72.8. The zero-order valence-electron chi connectivity index (χ0n) is 60.4. The van der Waals surface area contributed by atoms with Crippen molar-refractivity contribution in [2.75, 3.05) is 39.6 Å². The summed E-state index contributed by atoms with van der Waals surface area (Å²) >= 11 is 0. The van der Waals surface area contributed by atoms with Crippen LogP contribution in [0.5, 0.6) is 0 Å². The third kappa shape index (κ3) is 68.4. The number of aliphatic hydroxyl groups is 1. The van der Waals surface area contributed by atoms with Crippen molar-refractivity contribution in [2.45, 2.75) is 406 Å². The summed E-state index contributed by atoms with van der Waals surface area (Å²) < 4.78 is 68.5. The van der Waals surface area contributed by atoms with Crippen LogP contribution in [0.2, 0.25) is 0 Å². The highest BCUT2D eigenvalue weighted by atomic mass is 31.2. The van der Waals surface area contributed by atoms with E-state index in [9.17, 15) is 43.2 Å². The van der Waals surface area contributed by atoms with Crippen LogP contribution in [0.1, 0.15) is 388 Å². The number of unbranched alkanes of at least 4 members (excludes halogenated alkanes) is 46. The van der Waals surface area contributed by atoms with E-state index in [1.807, 2.05) is 0 Å². The number of carbonyl (C=O) groups excluding carboxylic acids is 4. The Balaban J connectivity index is 5.26. The van der Waals surface area contributed by atoms with E-state index in [4.69, 9.17) is 37.0 Å². The van der Waals surface area contributed by atoms with Crippen LogP contribution in [0.3, 0.4) is 0 Å². The maximum Gasteiger partial charge on any atom is 0.472 e. The summed E-state index contributed by atoms with van der Waals surface area (Å²) in [6, 6.07) is 0. The molecule has 0 aromatic heterocycles. The summed E-state index contributed by atoms with van der Waals surface area (Å²) in [6.45, 7) is 7.30. The third-order valence-corrected chi connectivity index (χ3v) is 19.2. The van der Waals surface area contributed by atoms with Gasteiger partial charge in [-0.05, 0) is 31.6 Å². The second-order valence-electron chi connectivity index (χ2n) is 27.2. The largest absolute Gasteiger partial charge is 0.472 e. The van der Waals surface area contributed by atoms with E-state index in [-0.39, 0.29) is 25.7 Å². The lowest BCUT2D eigenvalue weighted by molar-refractivity contribution is -0.161. The predicted molar refractivity (Wildman–Crippen MR) is 377 cm³/mol. The van der Waals surface area contributed by atoms with Crippen LogP contribution in [0.4, 0.5) is 0 Å². The first-order valence-electron chi connectivity index (χ1n) is 38.6. The van der Waals surface area contributed by atoms with Gasteiger partial charge in [0.25, 0.3) is 0 Å². The molecule has 0 aliphatic rings. The van der Waals surface area contributed by atoms with E-state index in [0.29, 0.717) is 25.7 Å². The van der Waals surface area contributed by atoms with Gasteiger partial charge in [0.1, 0.15) is 19.3 Å². The van der Waals surface area contributed by atoms with Crippen LogP contribution in [-0.2, 0) is 65.4 Å². The highest BCUT2D eigenvalue weighted by Crippen LogP contribution is 2.45. The standard InChI is InChI=1S/C74H144O17P2/c1-6-9-12-15-18-21-24-27-33-38-43-48-53-58-72(77)85-64-70(91-74(79)60-55-50-45-40-35-30-29-31-36-41-46-51-56-67(4)5)66-89-93(82,83)87-62-68(75)61-86-92(80,81)88-65-69(63-84-71(76)57-52-47-42-37-32-26-23-20-17-14-11-8-3)90-73(78)59-54-49-44-39-34-28-25-22-19-16-13-10-7-2/h67-70,75H,6-66H2,1-5H3,(H,80,81)(H,82,83)/t68-,69+,70+/m0/s1. The molecule has 0 bridgehead atoms. The third-order valence-electron chi connectivity index (χ3n) is 17.3. The Bertz CT molecular complexity index is 1790. The molecule has 0 amide bonds. The van der Waals surface area contributed by atoms with Crippen LogP contribution in [0.25, 0.3) is 0 Å². The molecule has 0 saturated carbocycles. The van der Waals surface area contributed by atoms with Crippen LogP contribution < -0.4 is 0 Å². The highest BCUT2D eigenvalue weighted by Gasteiger charge is 2.30. The van der Waals surface area contributed by atoms with Gasteiger partial charge in [-0.3, -0.25) is 37.3 Å². The molecule has 0 aromatic carbocycles. The number of hydrogen-bond acceptors (Lipinski definition) is 15. The molecule has 93 heavy (non-hydrogen) atoms. The quantitative estimate of drug-likeness (QED) is 0.0222. The van der Waals surface area contributed by atoms with Crippen molar-refractivity contribution < 1.29 is 80.2 Å². The lowest BCUT2D eigenvalue weighted by atomic mass is 10.0. The van der Waals surface area contributed by atoms with Gasteiger partial charge in [-0.25, -0.2) is 9.13 Å². The van der Waals surface area contributed by atoms with Gasteiger partial charge >= 0.3 is 39.5 Å². The second-order valence-corrected chi connectivity index (χ2v) is 30.1. The van der Waals surface area contributed by atoms with Gasteiger partial charge in [-0.1, -0.05) is 336 Å². The maximum atomic E-state index is 13.1. The number of ether oxygens (including phenoxy) is 4. The van der Waals surface area contributed by atoms with Crippen LogP contribution in [-0.4, -0.2) is 96.7 Å². The smallest absolute Gasteiger partial charge is 0.462 e. The molecule has 0 radical (unpaired) electrons. The molecule has 0 fully saturated rings. The Labute approximate surface area is 568 Å². The Morgan fingerprint density at radius 3 is 0.731 bits per heavy atom. The molecule has 0 heterocycles. The van der Waals surface area contributed by atoms with E-state index >= 15 is 0 Å². The monoisotopic (exact) mass is 1370 g/mol. The van der Waals surface area contributed by atoms with Crippen molar-refractivity contribution in [3.05, 3.63) is 0 Å². The van der Waals surface area contributed by atoms with Gasteiger partial charge in [0.05, 0.1) is 26.4 Å². The molecule has 0 saturated heterocycles. The number of aliphatic hydroxyl groups excluding tert-OH is 1. The average Bonchev–Trinajstić information content (AvgIpc) is 3.71. The number of phosphoric acid groups is 2. The molecule has 3 N–H and O–H groups in total. The van der Waals surface area contributed by atoms with Crippen molar-refractivity contribution in [2.24, 2.45) is 5.92 Å². The molecule has 5 atom stereocenters. The van der Waals surface area contributed by atoms with E-state index in [1.54, 1.807) is 0 Å². The van der Waals surface area contributed by atoms with E-state index in [2.05, 4.69) is 34.6 Å². The fraction of sp³-hybridized carbons (Fsp3) is 0.946. The van der Waals surface area contributed by atoms with Gasteiger partial charge in [0, 0.05) is 25.7 Å². The summed E-state index contributed by atoms with van der Waals surface area (Å²) in [6.07, 6.45) is 55.2. The van der Waals surface area contributed by atoms with Crippen LogP contribution in [0.15, 0.2) is 0 Å². The van der Waals surface area contributed by atoms with Crippen LogP contribution >= 0.6 is 15.6 Å². The molecule has 0 rings (SSSR count). The van der Waals surface area contributed by atoms with E-state index < -0.39 is 97.5 Å². The predicted octanol–water partition coefficient (Wildman–Crippen LogP) is 21.7. The van der Waals surface area contributed by atoms with Gasteiger partial charge in [0.2, 0.25) is 0 Å². The van der Waals surface area contributed by atoms with Crippen LogP contribution in [0, 0.1) is 5.92 Å². The fourth-order valence-electron chi connectivity index (χ4n) is 11.4. The minimum Gasteiger partial charge on any atom is -0.462 e. The Hall–Kier alpha value is -1.94. The van der Waals surface area contributed by atoms with Gasteiger partial charge in [0.15, 0.2) is 12.2 Å². The van der Waals surface area contributed by atoms with E-state index in [1.165, 1.54) is 212 Å². The van der Waals surface area contributed by atoms with E-state index in [0.717, 1.165) is 95.8 Å². The maximum absolute atomic E-state index is 13.1. The molecule has 19 heteroatoms. The minimum atomic E-state index is -4.95. The zero-order valence-corrected chi connectivity index (χ0v) is 62.2. The number of hydrogen-bond donors (Lipinski definition) is 3. The first-order chi connectivity index (χ1) is 45.0. The molecule has 552 valence electrons. The molecule has 0 aliphatic carbocycles. The van der Waals surface area contributed by atoms with Gasteiger partial charge < -0.3 is 33.8 Å². The SMILES string of the molecule is CCCCCCCCCCCCCCCC(=O)OC[C@H](COP(=O)(O)OC[C@@H](O)COP(=O)(O)OC[C@@H](COC(=O)CCCCCCCCCCCCCC)OC(=O)CCCCCCCCCCCCCCC)OC(=O)CCCCCCCCCCCCCCC(C)C. The van der Waals surface area contributed by atoms with Crippen molar-refractivity contribution in [3.8, 4) is 0 Å². The number of phosphoric ester groups is 2. The fourth-order valence-corrected chi connectivity index (χ4v) is 12.9. The average molecular weight is 1370 g/mol. The molecule has 2 unspecified atom stereocenters. The lowest BCUT2D eigenvalue weighted by Crippen LogP contribution is -2.30. The summed E-state index contributed by atoms with van der Waals surface area (Å²) in [5.41, 5.74) is 0. The minimum absolute atomic E-state index is 0.108. The molecule has 0 spiro atoms. The van der Waals surface area contributed by atoms with Crippen molar-refractivity contribution in [1.29, 1.82) is 0 Å². The summed E-state index contributed by atoms with van der Waals surface area (Å²) in [5, 5.41) is 10.6. The number of esters is 4. The molecule has 17 nitrogen and oxygen atoms in total. The molecular formula is C74H144O17P2. The first-order valence-corrected chi connectivity index (χ1v) is 41.6. The Kier molecular flexibility index (Phi) is 65.9. The normalized spacial score (nSPS) is 14.0. The first kappa shape index (κ1) is 91.1. The lowest BCUT2D eigenvalue weighted by Gasteiger charge is -2.21. The Morgan fingerprint density at radius 1 is 0.290 bits per heavy atom. The zero-order chi connectivity index (χ0) is 68.4. The van der Waals surface area contributed by atoms with Crippen molar-refractivity contribution >= 4 is 39.5 Å². The van der Waals surface area contributed by atoms with Crippen molar-refractivity contribution in [3.63, 3.8) is 0 Å². The Morgan fingerprint density at radius 2 is 0.495 bits per heavy atom. The highest BCUT2D eigenvalue weighted by molar-refractivity contribution is 7.47.